The average molecular weight is 290 g/mol. The van der Waals surface area contributed by atoms with E-state index < -0.39 is 5.60 Å². The Balaban J connectivity index is 1.63. The minimum atomic E-state index is -0.906. The number of carbonyl (C=O) groups is 1. The van der Waals surface area contributed by atoms with Crippen molar-refractivity contribution in [1.29, 1.82) is 0 Å². The van der Waals surface area contributed by atoms with Crippen LogP contribution in [0.5, 0.6) is 0 Å². The van der Waals surface area contributed by atoms with Crippen LogP contribution in [0, 0.1) is 12.8 Å². The first-order valence-corrected chi connectivity index (χ1v) is 7.60. The second-order valence-corrected chi connectivity index (χ2v) is 6.14. The Labute approximate surface area is 124 Å². The van der Waals surface area contributed by atoms with Crippen LogP contribution in [0.2, 0.25) is 0 Å². The zero-order valence-corrected chi connectivity index (χ0v) is 12.4. The van der Waals surface area contributed by atoms with Crippen molar-refractivity contribution in [3.63, 3.8) is 0 Å². The summed E-state index contributed by atoms with van der Waals surface area (Å²) in [6.45, 7) is 4.37. The highest BCUT2D eigenvalue weighted by Crippen LogP contribution is 2.32. The molecule has 1 aromatic heterocycles. The van der Waals surface area contributed by atoms with Crippen LogP contribution in [0.15, 0.2) is 18.3 Å². The molecule has 2 fully saturated rings. The van der Waals surface area contributed by atoms with Crippen molar-refractivity contribution in [2.24, 2.45) is 5.92 Å². The molecule has 0 spiro atoms. The molecule has 0 saturated carbocycles. The third-order valence-electron chi connectivity index (χ3n) is 4.57. The van der Waals surface area contributed by atoms with E-state index in [-0.39, 0.29) is 11.8 Å². The van der Waals surface area contributed by atoms with Crippen LogP contribution in [-0.4, -0.2) is 47.2 Å². The van der Waals surface area contributed by atoms with Gasteiger partial charge >= 0.3 is 0 Å². The quantitative estimate of drug-likeness (QED) is 0.890. The first-order chi connectivity index (χ1) is 10.1. The number of aliphatic hydroxyl groups is 1. The van der Waals surface area contributed by atoms with Gasteiger partial charge < -0.3 is 14.7 Å². The van der Waals surface area contributed by atoms with Crippen LogP contribution in [0.25, 0.3) is 0 Å². The fourth-order valence-corrected chi connectivity index (χ4v) is 3.08. The maximum absolute atomic E-state index is 12.3. The Kier molecular flexibility index (Phi) is 3.95. The summed E-state index contributed by atoms with van der Waals surface area (Å²) in [7, 11) is 0. The highest BCUT2D eigenvalue weighted by molar-refractivity contribution is 5.79. The molecule has 21 heavy (non-hydrogen) atoms. The van der Waals surface area contributed by atoms with Crippen LogP contribution in [0.1, 0.15) is 30.5 Å². The molecule has 1 amide bonds. The van der Waals surface area contributed by atoms with Crippen LogP contribution in [0.4, 0.5) is 0 Å². The lowest BCUT2D eigenvalue weighted by Gasteiger charge is -2.38. The van der Waals surface area contributed by atoms with Gasteiger partial charge in [0.1, 0.15) is 5.60 Å². The van der Waals surface area contributed by atoms with E-state index in [2.05, 4.69) is 4.98 Å². The maximum atomic E-state index is 12.3. The Hall–Kier alpha value is -1.46. The smallest absolute Gasteiger partial charge is 0.228 e. The standard InChI is InChI=1S/C16H22N2O3/c1-12-2-3-14(17-10-12)16(20)5-7-18(8-6-16)15(19)13-4-9-21-11-13/h2-3,10,13,20H,4-9,11H2,1H3. The van der Waals surface area contributed by atoms with Gasteiger partial charge in [0.15, 0.2) is 0 Å². The summed E-state index contributed by atoms with van der Waals surface area (Å²) in [4.78, 5) is 18.6. The first-order valence-electron chi connectivity index (χ1n) is 7.60. The van der Waals surface area contributed by atoms with Crippen molar-refractivity contribution in [1.82, 2.24) is 9.88 Å². The number of pyridine rings is 1. The number of aromatic nitrogens is 1. The summed E-state index contributed by atoms with van der Waals surface area (Å²) in [5.41, 5.74) is 0.886. The number of ether oxygens (including phenoxy) is 1. The molecular formula is C16H22N2O3. The molecule has 1 N–H and O–H groups in total. The Morgan fingerprint density at radius 3 is 2.76 bits per heavy atom. The van der Waals surface area contributed by atoms with E-state index >= 15 is 0 Å². The molecule has 3 heterocycles. The zero-order chi connectivity index (χ0) is 14.9. The third kappa shape index (κ3) is 2.94. The molecule has 1 aromatic rings. The normalized spacial score (nSPS) is 25.0. The molecule has 2 aliphatic rings. The molecule has 5 nitrogen and oxygen atoms in total. The fraction of sp³-hybridized carbons (Fsp3) is 0.625. The molecule has 1 unspecified atom stereocenters. The number of amides is 1. The van der Waals surface area contributed by atoms with E-state index in [0.717, 1.165) is 12.0 Å². The van der Waals surface area contributed by atoms with Gasteiger partial charge in [-0.25, -0.2) is 0 Å². The van der Waals surface area contributed by atoms with Gasteiger partial charge in [-0.15, -0.1) is 0 Å². The number of likely N-dealkylation sites (tertiary alicyclic amines) is 1. The van der Waals surface area contributed by atoms with Crippen LogP contribution in [0.3, 0.4) is 0 Å². The van der Waals surface area contributed by atoms with E-state index in [1.165, 1.54) is 0 Å². The van der Waals surface area contributed by atoms with Crippen molar-refractivity contribution in [2.45, 2.75) is 31.8 Å². The van der Waals surface area contributed by atoms with E-state index in [1.54, 1.807) is 6.20 Å². The van der Waals surface area contributed by atoms with Crippen molar-refractivity contribution in [2.75, 3.05) is 26.3 Å². The molecule has 3 rings (SSSR count). The molecular weight excluding hydrogens is 268 g/mol. The fourth-order valence-electron chi connectivity index (χ4n) is 3.08. The molecule has 2 aliphatic heterocycles. The zero-order valence-electron chi connectivity index (χ0n) is 12.4. The number of hydrogen-bond donors (Lipinski definition) is 1. The van der Waals surface area contributed by atoms with E-state index in [0.29, 0.717) is 44.8 Å². The van der Waals surface area contributed by atoms with Gasteiger partial charge in [-0.05, 0) is 37.8 Å². The molecule has 1 atom stereocenters. The summed E-state index contributed by atoms with van der Waals surface area (Å²) in [5, 5.41) is 10.8. The molecule has 0 aliphatic carbocycles. The summed E-state index contributed by atoms with van der Waals surface area (Å²) < 4.78 is 5.28. The van der Waals surface area contributed by atoms with Crippen molar-refractivity contribution in [3.8, 4) is 0 Å². The summed E-state index contributed by atoms with van der Waals surface area (Å²) in [6.07, 6.45) is 3.69. The number of hydrogen-bond acceptors (Lipinski definition) is 4. The summed E-state index contributed by atoms with van der Waals surface area (Å²) in [6, 6.07) is 3.85. The van der Waals surface area contributed by atoms with Crippen LogP contribution >= 0.6 is 0 Å². The molecule has 0 radical (unpaired) electrons. The molecule has 0 aromatic carbocycles. The van der Waals surface area contributed by atoms with Crippen molar-refractivity contribution >= 4 is 5.91 Å². The summed E-state index contributed by atoms with van der Waals surface area (Å²) >= 11 is 0. The highest BCUT2D eigenvalue weighted by atomic mass is 16.5. The Morgan fingerprint density at radius 1 is 1.43 bits per heavy atom. The molecule has 2 saturated heterocycles. The lowest BCUT2D eigenvalue weighted by molar-refractivity contribution is -0.140. The maximum Gasteiger partial charge on any atom is 0.228 e. The van der Waals surface area contributed by atoms with Gasteiger partial charge in [0.2, 0.25) is 5.91 Å². The second kappa shape index (κ2) is 5.73. The van der Waals surface area contributed by atoms with E-state index in [4.69, 9.17) is 4.74 Å². The number of aryl methyl sites for hydroxylation is 1. The van der Waals surface area contributed by atoms with Gasteiger partial charge in [0.25, 0.3) is 0 Å². The second-order valence-electron chi connectivity index (χ2n) is 6.14. The number of nitrogens with zero attached hydrogens (tertiary/aromatic N) is 2. The number of rotatable bonds is 2. The van der Waals surface area contributed by atoms with Gasteiger partial charge in [0.05, 0.1) is 18.2 Å². The molecule has 114 valence electrons. The van der Waals surface area contributed by atoms with Gasteiger partial charge in [0, 0.05) is 25.9 Å². The summed E-state index contributed by atoms with van der Waals surface area (Å²) in [5.74, 6) is 0.181. The number of piperidine rings is 1. The largest absolute Gasteiger partial charge is 0.383 e. The topological polar surface area (TPSA) is 62.7 Å². The molecule has 5 heteroatoms. The van der Waals surface area contributed by atoms with E-state index in [1.807, 2.05) is 24.0 Å². The highest BCUT2D eigenvalue weighted by Gasteiger charge is 2.38. The SMILES string of the molecule is Cc1ccc(C2(O)CCN(C(=O)C3CCOC3)CC2)nc1. The van der Waals surface area contributed by atoms with Gasteiger partial charge in [-0.1, -0.05) is 6.07 Å². The van der Waals surface area contributed by atoms with Crippen LogP contribution < -0.4 is 0 Å². The third-order valence-corrected chi connectivity index (χ3v) is 4.57. The predicted octanol–water partition coefficient (Wildman–Crippen LogP) is 1.24. The monoisotopic (exact) mass is 290 g/mol. The first kappa shape index (κ1) is 14.5. The lowest BCUT2D eigenvalue weighted by atomic mass is 9.87. The van der Waals surface area contributed by atoms with Crippen molar-refractivity contribution in [3.05, 3.63) is 29.6 Å². The van der Waals surface area contributed by atoms with Crippen LogP contribution in [-0.2, 0) is 15.1 Å². The number of carbonyl (C=O) groups excluding carboxylic acids is 1. The molecule has 0 bridgehead atoms. The predicted molar refractivity (Wildman–Crippen MR) is 77.6 cm³/mol. The lowest BCUT2D eigenvalue weighted by Crippen LogP contribution is -2.47. The Morgan fingerprint density at radius 2 is 2.19 bits per heavy atom. The van der Waals surface area contributed by atoms with Gasteiger partial charge in [-0.3, -0.25) is 9.78 Å². The van der Waals surface area contributed by atoms with E-state index in [9.17, 15) is 9.90 Å². The van der Waals surface area contributed by atoms with Gasteiger partial charge in [-0.2, -0.15) is 0 Å². The van der Waals surface area contributed by atoms with Crippen molar-refractivity contribution < 1.29 is 14.6 Å². The Bertz CT molecular complexity index is 501. The average Bonchev–Trinajstić information content (AvgIpc) is 3.02. The minimum absolute atomic E-state index is 0.00805. The minimum Gasteiger partial charge on any atom is -0.383 e.